The van der Waals surface area contributed by atoms with Gasteiger partial charge in [-0.05, 0) is 53.1 Å². The number of halogens is 3. The van der Waals surface area contributed by atoms with E-state index in [9.17, 15) is 0 Å². The minimum absolute atomic E-state index is 0.612. The fourth-order valence-electron chi connectivity index (χ4n) is 3.11. The van der Waals surface area contributed by atoms with Crippen molar-refractivity contribution in [2.75, 3.05) is 0 Å². The molecule has 0 N–H and O–H groups in total. The molecular formula is C24H18Cl3N3. The van der Waals surface area contributed by atoms with E-state index in [1.165, 1.54) is 0 Å². The van der Waals surface area contributed by atoms with Gasteiger partial charge in [0.2, 0.25) is 0 Å². The maximum atomic E-state index is 6.01. The first-order chi connectivity index (χ1) is 14.5. The Balaban J connectivity index is 1.64. The monoisotopic (exact) mass is 453 g/mol. The van der Waals surface area contributed by atoms with Crippen LogP contribution in [0.5, 0.6) is 0 Å². The number of hydrogen-bond donors (Lipinski definition) is 0. The first kappa shape index (κ1) is 20.8. The van der Waals surface area contributed by atoms with Crippen molar-refractivity contribution in [1.82, 2.24) is 15.0 Å². The zero-order valence-corrected chi connectivity index (χ0v) is 18.3. The van der Waals surface area contributed by atoms with Gasteiger partial charge in [0.15, 0.2) is 0 Å². The van der Waals surface area contributed by atoms with E-state index in [2.05, 4.69) is 0 Å². The van der Waals surface area contributed by atoms with Crippen LogP contribution in [0.15, 0.2) is 72.8 Å². The van der Waals surface area contributed by atoms with Crippen molar-refractivity contribution < 1.29 is 0 Å². The molecule has 6 heteroatoms. The van der Waals surface area contributed by atoms with E-state index in [0.29, 0.717) is 34.3 Å². The average Bonchev–Trinajstić information content (AvgIpc) is 2.73. The largest absolute Gasteiger partial charge is 0.217 e. The number of nitrogens with zero attached hydrogens (tertiary/aromatic N) is 3. The van der Waals surface area contributed by atoms with E-state index in [1.54, 1.807) is 0 Å². The van der Waals surface area contributed by atoms with Crippen molar-refractivity contribution in [3.63, 3.8) is 0 Å². The van der Waals surface area contributed by atoms with Crippen LogP contribution in [0.2, 0.25) is 15.1 Å². The van der Waals surface area contributed by atoms with Crippen molar-refractivity contribution >= 4 is 34.8 Å². The smallest absolute Gasteiger partial charge is 0.137 e. The summed E-state index contributed by atoms with van der Waals surface area (Å²) in [6.07, 6.45) is 1.84. The molecule has 0 aliphatic carbocycles. The molecule has 0 spiro atoms. The molecule has 3 aromatic carbocycles. The molecule has 0 saturated heterocycles. The first-order valence-electron chi connectivity index (χ1n) is 9.49. The summed E-state index contributed by atoms with van der Waals surface area (Å²) in [7, 11) is 0. The second-order valence-corrected chi connectivity index (χ2v) is 8.30. The van der Waals surface area contributed by atoms with Gasteiger partial charge in [0.1, 0.15) is 17.5 Å². The molecule has 1 heterocycles. The summed E-state index contributed by atoms with van der Waals surface area (Å²) in [5, 5.41) is 2.13. The second-order valence-electron chi connectivity index (χ2n) is 6.99. The van der Waals surface area contributed by atoms with Gasteiger partial charge in [-0.15, -0.1) is 0 Å². The molecule has 0 unspecified atom stereocenters. The second kappa shape index (κ2) is 9.57. The summed E-state index contributed by atoms with van der Waals surface area (Å²) in [6, 6.07) is 23.2. The molecule has 0 amide bonds. The first-order valence-corrected chi connectivity index (χ1v) is 10.6. The van der Waals surface area contributed by atoms with Gasteiger partial charge in [0.05, 0.1) is 0 Å². The van der Waals surface area contributed by atoms with Gasteiger partial charge < -0.3 is 0 Å². The lowest BCUT2D eigenvalue weighted by atomic mass is 10.1. The Kier molecular flexibility index (Phi) is 6.63. The van der Waals surface area contributed by atoms with Gasteiger partial charge >= 0.3 is 0 Å². The number of rotatable bonds is 6. The zero-order chi connectivity index (χ0) is 20.9. The topological polar surface area (TPSA) is 38.7 Å². The molecule has 1 aromatic heterocycles. The standard InChI is InChI=1S/C24H18Cl3N3/c25-19-7-1-16(2-8-19)13-22-28-23(14-17-3-9-20(26)10-4-17)30-24(29-22)15-18-5-11-21(27)12-6-18/h1-12H,13-15H2. The lowest BCUT2D eigenvalue weighted by Crippen LogP contribution is -2.09. The van der Waals surface area contributed by atoms with Crippen LogP contribution in [-0.2, 0) is 19.3 Å². The van der Waals surface area contributed by atoms with Crippen LogP contribution in [0.4, 0.5) is 0 Å². The van der Waals surface area contributed by atoms with Crippen LogP contribution in [0.3, 0.4) is 0 Å². The minimum Gasteiger partial charge on any atom is -0.217 e. The number of hydrogen-bond acceptors (Lipinski definition) is 3. The van der Waals surface area contributed by atoms with Crippen LogP contribution in [0.1, 0.15) is 34.2 Å². The van der Waals surface area contributed by atoms with Gasteiger partial charge in [-0.3, -0.25) is 0 Å². The van der Waals surface area contributed by atoms with E-state index in [0.717, 1.165) is 34.2 Å². The fraction of sp³-hybridized carbons (Fsp3) is 0.125. The van der Waals surface area contributed by atoms with E-state index in [-0.39, 0.29) is 0 Å². The molecule has 4 rings (SSSR count). The van der Waals surface area contributed by atoms with Crippen LogP contribution in [0, 0.1) is 0 Å². The highest BCUT2D eigenvalue weighted by Gasteiger charge is 2.10. The SMILES string of the molecule is Clc1ccc(Cc2nc(Cc3ccc(Cl)cc3)nc(Cc3ccc(Cl)cc3)n2)cc1. The molecule has 0 bridgehead atoms. The summed E-state index contributed by atoms with van der Waals surface area (Å²) in [5.74, 6) is 2.21. The Morgan fingerprint density at radius 1 is 0.400 bits per heavy atom. The Morgan fingerprint density at radius 2 is 0.633 bits per heavy atom. The average molecular weight is 455 g/mol. The molecule has 0 aliphatic heterocycles. The van der Waals surface area contributed by atoms with Crippen LogP contribution in [-0.4, -0.2) is 15.0 Å². The Bertz CT molecular complexity index is 967. The highest BCUT2D eigenvalue weighted by molar-refractivity contribution is 6.31. The summed E-state index contributed by atoms with van der Waals surface area (Å²) < 4.78 is 0. The molecule has 0 saturated carbocycles. The molecule has 3 nitrogen and oxygen atoms in total. The summed E-state index contributed by atoms with van der Waals surface area (Å²) in [4.78, 5) is 14.1. The number of benzene rings is 3. The van der Waals surface area contributed by atoms with E-state index >= 15 is 0 Å². The van der Waals surface area contributed by atoms with Crippen molar-refractivity contribution in [2.45, 2.75) is 19.3 Å². The molecule has 0 atom stereocenters. The van der Waals surface area contributed by atoms with E-state index in [1.807, 2.05) is 72.8 Å². The van der Waals surface area contributed by atoms with Crippen LogP contribution >= 0.6 is 34.8 Å². The predicted octanol–water partition coefficient (Wildman–Crippen LogP) is 6.60. The molecule has 0 aliphatic rings. The van der Waals surface area contributed by atoms with Gasteiger partial charge in [-0.2, -0.15) is 0 Å². The van der Waals surface area contributed by atoms with Crippen molar-refractivity contribution in [3.8, 4) is 0 Å². The molecule has 0 radical (unpaired) electrons. The van der Waals surface area contributed by atoms with Crippen molar-refractivity contribution in [1.29, 1.82) is 0 Å². The number of aromatic nitrogens is 3. The van der Waals surface area contributed by atoms with E-state index in [4.69, 9.17) is 49.8 Å². The Morgan fingerprint density at radius 3 is 0.867 bits per heavy atom. The van der Waals surface area contributed by atoms with Crippen molar-refractivity contribution in [2.24, 2.45) is 0 Å². The Labute approximate surface area is 190 Å². The molecular weight excluding hydrogens is 437 g/mol. The zero-order valence-electron chi connectivity index (χ0n) is 16.0. The van der Waals surface area contributed by atoms with E-state index < -0.39 is 0 Å². The van der Waals surface area contributed by atoms with Crippen molar-refractivity contribution in [3.05, 3.63) is 122 Å². The lowest BCUT2D eigenvalue weighted by Gasteiger charge is -2.09. The summed E-state index contributed by atoms with van der Waals surface area (Å²) >= 11 is 18.0. The molecule has 150 valence electrons. The van der Waals surface area contributed by atoms with Gasteiger partial charge in [-0.1, -0.05) is 71.2 Å². The van der Waals surface area contributed by atoms with Gasteiger partial charge in [0.25, 0.3) is 0 Å². The Hall–Kier alpha value is -2.46. The van der Waals surface area contributed by atoms with Crippen LogP contribution in [0.25, 0.3) is 0 Å². The summed E-state index contributed by atoms with van der Waals surface area (Å²) in [6.45, 7) is 0. The third-order valence-electron chi connectivity index (χ3n) is 4.60. The highest BCUT2D eigenvalue weighted by atomic mass is 35.5. The molecule has 0 fully saturated rings. The van der Waals surface area contributed by atoms with Crippen LogP contribution < -0.4 is 0 Å². The highest BCUT2D eigenvalue weighted by Crippen LogP contribution is 2.16. The lowest BCUT2D eigenvalue weighted by molar-refractivity contribution is 0.797. The molecule has 4 aromatic rings. The third-order valence-corrected chi connectivity index (χ3v) is 5.36. The van der Waals surface area contributed by atoms with Gasteiger partial charge in [-0.25, -0.2) is 15.0 Å². The normalized spacial score (nSPS) is 10.9. The third kappa shape index (κ3) is 5.79. The minimum atomic E-state index is 0.612. The predicted molar refractivity (Wildman–Crippen MR) is 123 cm³/mol. The maximum Gasteiger partial charge on any atom is 0.137 e. The van der Waals surface area contributed by atoms with Gasteiger partial charge in [0, 0.05) is 34.3 Å². The maximum absolute atomic E-state index is 6.01. The quantitative estimate of drug-likeness (QED) is 0.329. The fourth-order valence-corrected chi connectivity index (χ4v) is 3.49. The molecule has 30 heavy (non-hydrogen) atoms. The summed E-state index contributed by atoms with van der Waals surface area (Å²) in [5.41, 5.74) is 3.29.